The predicted octanol–water partition coefficient (Wildman–Crippen LogP) is 3.07. The molecule has 20 heavy (non-hydrogen) atoms. The molecule has 2 aliphatic rings. The first-order valence-electron chi connectivity index (χ1n) is 7.96. The highest BCUT2D eigenvalue weighted by Crippen LogP contribution is 2.43. The van der Waals surface area contributed by atoms with Gasteiger partial charge in [-0.25, -0.2) is 0 Å². The SMILES string of the molecule is CCN(c1ccc(CN)cc1)C1CCOC2(CCC2)C1. The Kier molecular flexibility index (Phi) is 3.99. The van der Waals surface area contributed by atoms with E-state index in [-0.39, 0.29) is 5.60 Å². The molecule has 3 heteroatoms. The molecule has 0 radical (unpaired) electrons. The van der Waals surface area contributed by atoms with Crippen molar-refractivity contribution in [1.82, 2.24) is 0 Å². The van der Waals surface area contributed by atoms with E-state index in [1.165, 1.54) is 36.9 Å². The fourth-order valence-corrected chi connectivity index (χ4v) is 3.66. The average Bonchev–Trinajstić information content (AvgIpc) is 2.47. The standard InChI is InChI=1S/C17H26N2O/c1-2-19(15-6-4-14(13-18)5-7-15)16-8-11-20-17(12-16)9-3-10-17/h4-7,16H,2-3,8-13,18H2,1H3. The van der Waals surface area contributed by atoms with Gasteiger partial charge in [-0.3, -0.25) is 0 Å². The van der Waals surface area contributed by atoms with E-state index in [9.17, 15) is 0 Å². The lowest BCUT2D eigenvalue weighted by molar-refractivity contribution is -0.132. The van der Waals surface area contributed by atoms with Gasteiger partial charge in [0.2, 0.25) is 0 Å². The lowest BCUT2D eigenvalue weighted by atomic mass is 9.73. The van der Waals surface area contributed by atoms with Crippen LogP contribution in [0.4, 0.5) is 5.69 Å². The highest BCUT2D eigenvalue weighted by atomic mass is 16.5. The molecule has 1 saturated heterocycles. The maximum absolute atomic E-state index is 6.06. The summed E-state index contributed by atoms with van der Waals surface area (Å²) in [5, 5.41) is 0. The third kappa shape index (κ3) is 2.57. The van der Waals surface area contributed by atoms with E-state index in [1.54, 1.807) is 0 Å². The van der Waals surface area contributed by atoms with Crippen molar-refractivity contribution in [3.05, 3.63) is 29.8 Å². The Morgan fingerprint density at radius 1 is 1.30 bits per heavy atom. The fourth-order valence-electron chi connectivity index (χ4n) is 3.66. The molecule has 3 nitrogen and oxygen atoms in total. The zero-order valence-electron chi connectivity index (χ0n) is 12.5. The Bertz CT molecular complexity index is 439. The van der Waals surface area contributed by atoms with Gasteiger partial charge in [-0.2, -0.15) is 0 Å². The summed E-state index contributed by atoms with van der Waals surface area (Å²) in [6.07, 6.45) is 6.19. The number of rotatable bonds is 4. The van der Waals surface area contributed by atoms with E-state index in [4.69, 9.17) is 10.5 Å². The fraction of sp³-hybridized carbons (Fsp3) is 0.647. The number of ether oxygens (including phenoxy) is 1. The highest BCUT2D eigenvalue weighted by molar-refractivity contribution is 5.48. The first kappa shape index (κ1) is 13.9. The third-order valence-electron chi connectivity index (χ3n) is 5.02. The zero-order valence-corrected chi connectivity index (χ0v) is 12.5. The van der Waals surface area contributed by atoms with E-state index in [0.29, 0.717) is 12.6 Å². The first-order chi connectivity index (χ1) is 9.76. The summed E-state index contributed by atoms with van der Waals surface area (Å²) in [6, 6.07) is 9.36. The average molecular weight is 274 g/mol. The van der Waals surface area contributed by atoms with E-state index in [1.807, 2.05) is 0 Å². The largest absolute Gasteiger partial charge is 0.375 e. The number of nitrogens with zero attached hydrogens (tertiary/aromatic N) is 1. The minimum atomic E-state index is 0.216. The van der Waals surface area contributed by atoms with Gasteiger partial charge in [0.15, 0.2) is 0 Å². The van der Waals surface area contributed by atoms with Crippen molar-refractivity contribution >= 4 is 5.69 Å². The topological polar surface area (TPSA) is 38.5 Å². The third-order valence-corrected chi connectivity index (χ3v) is 5.02. The Hall–Kier alpha value is -1.06. The summed E-state index contributed by atoms with van der Waals surface area (Å²) in [4.78, 5) is 2.54. The Balaban J connectivity index is 1.74. The summed E-state index contributed by atoms with van der Waals surface area (Å²) in [5.74, 6) is 0. The van der Waals surface area contributed by atoms with Crippen molar-refractivity contribution in [1.29, 1.82) is 0 Å². The Morgan fingerprint density at radius 2 is 2.05 bits per heavy atom. The second kappa shape index (κ2) is 5.74. The van der Waals surface area contributed by atoms with Gasteiger partial charge in [0.25, 0.3) is 0 Å². The van der Waals surface area contributed by atoms with Crippen molar-refractivity contribution < 1.29 is 4.74 Å². The molecular formula is C17H26N2O. The second-order valence-electron chi connectivity index (χ2n) is 6.19. The van der Waals surface area contributed by atoms with Gasteiger partial charge >= 0.3 is 0 Å². The van der Waals surface area contributed by atoms with Gasteiger partial charge in [0.05, 0.1) is 5.60 Å². The highest BCUT2D eigenvalue weighted by Gasteiger charge is 2.43. The number of hydrogen-bond acceptors (Lipinski definition) is 3. The molecule has 1 aliphatic heterocycles. The number of benzene rings is 1. The zero-order chi connectivity index (χ0) is 14.0. The summed E-state index contributed by atoms with van der Waals surface area (Å²) in [7, 11) is 0. The molecule has 1 atom stereocenters. The van der Waals surface area contributed by atoms with Crippen LogP contribution in [0.5, 0.6) is 0 Å². The van der Waals surface area contributed by atoms with E-state index in [2.05, 4.69) is 36.1 Å². The predicted molar refractivity (Wildman–Crippen MR) is 82.9 cm³/mol. The molecule has 0 amide bonds. The van der Waals surface area contributed by atoms with Crippen LogP contribution >= 0.6 is 0 Å². The maximum Gasteiger partial charge on any atom is 0.0702 e. The van der Waals surface area contributed by atoms with Gasteiger partial charge in [-0.05, 0) is 56.7 Å². The minimum absolute atomic E-state index is 0.216. The lowest BCUT2D eigenvalue weighted by Crippen LogP contribution is -2.52. The maximum atomic E-state index is 6.06. The van der Waals surface area contributed by atoms with Crippen LogP contribution in [0.15, 0.2) is 24.3 Å². The van der Waals surface area contributed by atoms with Crippen LogP contribution in [0, 0.1) is 0 Å². The number of nitrogens with two attached hydrogens (primary N) is 1. The molecule has 2 fully saturated rings. The van der Waals surface area contributed by atoms with Crippen LogP contribution in [0.2, 0.25) is 0 Å². The van der Waals surface area contributed by atoms with Crippen molar-refractivity contribution in [2.24, 2.45) is 5.73 Å². The van der Waals surface area contributed by atoms with Crippen LogP contribution in [-0.2, 0) is 11.3 Å². The molecule has 1 saturated carbocycles. The van der Waals surface area contributed by atoms with Gasteiger partial charge < -0.3 is 15.4 Å². The van der Waals surface area contributed by atoms with Crippen molar-refractivity contribution in [2.75, 3.05) is 18.1 Å². The van der Waals surface area contributed by atoms with Gasteiger partial charge in [0.1, 0.15) is 0 Å². The quantitative estimate of drug-likeness (QED) is 0.917. The normalized spacial score (nSPS) is 24.4. The van der Waals surface area contributed by atoms with Crippen LogP contribution in [-0.4, -0.2) is 24.8 Å². The van der Waals surface area contributed by atoms with Crippen LogP contribution in [0.1, 0.15) is 44.6 Å². The molecule has 1 unspecified atom stereocenters. The summed E-state index contributed by atoms with van der Waals surface area (Å²) in [5.41, 5.74) is 8.42. The van der Waals surface area contributed by atoms with Gasteiger partial charge in [0, 0.05) is 31.4 Å². The first-order valence-corrected chi connectivity index (χ1v) is 7.96. The molecule has 0 bridgehead atoms. The van der Waals surface area contributed by atoms with Crippen molar-refractivity contribution in [2.45, 2.75) is 57.2 Å². The second-order valence-corrected chi connectivity index (χ2v) is 6.19. The Labute approximate surface area is 122 Å². The summed E-state index contributed by atoms with van der Waals surface area (Å²) < 4.78 is 6.06. The van der Waals surface area contributed by atoms with Crippen molar-refractivity contribution in [3.8, 4) is 0 Å². The molecule has 2 N–H and O–H groups in total. The van der Waals surface area contributed by atoms with Crippen LogP contribution in [0.25, 0.3) is 0 Å². The smallest absolute Gasteiger partial charge is 0.0702 e. The molecule has 3 rings (SSSR count). The molecule has 1 aliphatic carbocycles. The minimum Gasteiger partial charge on any atom is -0.375 e. The summed E-state index contributed by atoms with van der Waals surface area (Å²) in [6.45, 7) is 4.84. The van der Waals surface area contributed by atoms with E-state index in [0.717, 1.165) is 19.6 Å². The molecule has 1 heterocycles. The van der Waals surface area contributed by atoms with Crippen LogP contribution < -0.4 is 10.6 Å². The van der Waals surface area contributed by atoms with Crippen molar-refractivity contribution in [3.63, 3.8) is 0 Å². The monoisotopic (exact) mass is 274 g/mol. The number of anilines is 1. The molecule has 1 aromatic carbocycles. The summed E-state index contributed by atoms with van der Waals surface area (Å²) >= 11 is 0. The van der Waals surface area contributed by atoms with Crippen LogP contribution in [0.3, 0.4) is 0 Å². The van der Waals surface area contributed by atoms with Gasteiger partial charge in [-0.15, -0.1) is 0 Å². The molecule has 0 aromatic heterocycles. The lowest BCUT2D eigenvalue weighted by Gasteiger charge is -2.50. The number of hydrogen-bond donors (Lipinski definition) is 1. The van der Waals surface area contributed by atoms with E-state index < -0.39 is 0 Å². The molecule has 110 valence electrons. The molecule has 1 aromatic rings. The van der Waals surface area contributed by atoms with E-state index >= 15 is 0 Å². The molecule has 1 spiro atoms. The Morgan fingerprint density at radius 3 is 2.60 bits per heavy atom. The van der Waals surface area contributed by atoms with Gasteiger partial charge in [-0.1, -0.05) is 12.1 Å². The molecular weight excluding hydrogens is 248 g/mol.